The Bertz CT molecular complexity index is 249. The number of ether oxygens (including phenoxy) is 2. The maximum absolute atomic E-state index is 9.66. The Labute approximate surface area is 139 Å². The fraction of sp³-hybridized carbons (Fsp3) is 0.500. The van der Waals surface area contributed by atoms with Gasteiger partial charge in [-0.25, -0.2) is 19.2 Å². The number of hydrogen-bond donors (Lipinski definition) is 4. The molecule has 2 radical (unpaired) electrons. The first kappa shape index (κ1) is 31.9. The molecule has 0 amide bonds. The van der Waals surface area contributed by atoms with E-state index in [0.29, 0.717) is 0 Å². The molecule has 0 aliphatic heterocycles. The van der Waals surface area contributed by atoms with Crippen molar-refractivity contribution in [3.8, 4) is 0 Å². The van der Waals surface area contributed by atoms with Gasteiger partial charge in [0, 0.05) is 34.1 Å². The van der Waals surface area contributed by atoms with Crippen LogP contribution in [-0.4, -0.2) is 76.2 Å². The van der Waals surface area contributed by atoms with Crippen molar-refractivity contribution in [3.63, 3.8) is 0 Å². The molecule has 0 saturated heterocycles. The largest absolute Gasteiger partial charge is 0.480 e. The number of carbonyl (C=O) groups is 4. The summed E-state index contributed by atoms with van der Waals surface area (Å²) < 4.78 is 8.31. The zero-order valence-corrected chi connectivity index (χ0v) is 12.1. The Balaban J connectivity index is -0.0000000711. The van der Waals surface area contributed by atoms with E-state index in [1.807, 2.05) is 0 Å². The number of carboxylic acid groups (broad SMARTS) is 4. The van der Waals surface area contributed by atoms with Gasteiger partial charge in [-0.2, -0.15) is 0 Å². The molecular weight excluding hydrogens is 399 g/mol. The van der Waals surface area contributed by atoms with Gasteiger partial charge in [-0.05, 0) is 0 Å². The van der Waals surface area contributed by atoms with Gasteiger partial charge in [0.25, 0.3) is 0 Å². The van der Waals surface area contributed by atoms with Crippen molar-refractivity contribution in [1.82, 2.24) is 0 Å². The second-order valence-electron chi connectivity index (χ2n) is 2.56. The summed E-state index contributed by atoms with van der Waals surface area (Å²) in [6.07, 6.45) is 0. The minimum Gasteiger partial charge on any atom is -0.480 e. The Morgan fingerprint density at radius 1 is 0.571 bits per heavy atom. The van der Waals surface area contributed by atoms with Gasteiger partial charge in [0.05, 0.1) is 0 Å². The number of aliphatic carboxylic acids is 4. The summed E-state index contributed by atoms with van der Waals surface area (Å²) in [5.74, 6) is -4.68. The van der Waals surface area contributed by atoms with E-state index in [-0.39, 0.29) is 39.6 Å². The summed E-state index contributed by atoms with van der Waals surface area (Å²) in [6, 6.07) is 0. The second-order valence-corrected chi connectivity index (χ2v) is 2.56. The smallest absolute Gasteiger partial charge is 0.329 e. The van der Waals surface area contributed by atoms with Gasteiger partial charge in [0.1, 0.15) is 26.4 Å². The standard InChI is InChI=1S/2C4H6O5.2Cu.H2O/c2*5-3(6)1-9-2-4(7)8;;;/h2*1-2H2,(H,5,6)(H,7,8);;;1H2. The minimum absolute atomic E-state index is 0. The minimum atomic E-state index is -1.17. The first-order valence-corrected chi connectivity index (χ1v) is 4.28. The average molecular weight is 413 g/mol. The SMILES string of the molecule is O.O=C(O)COCC(=O)O.O=C(O)COCC(=O)O.[Cu].[Cu]. The van der Waals surface area contributed by atoms with E-state index in [1.54, 1.807) is 0 Å². The van der Waals surface area contributed by atoms with E-state index in [2.05, 4.69) is 9.47 Å². The molecule has 0 fully saturated rings. The molecule has 6 N–H and O–H groups in total. The van der Waals surface area contributed by atoms with Crippen LogP contribution >= 0.6 is 0 Å². The Kier molecular flexibility index (Phi) is 32.1. The van der Waals surface area contributed by atoms with Crippen LogP contribution in [0.2, 0.25) is 0 Å². The molecule has 0 aliphatic rings. The maximum atomic E-state index is 9.66. The summed E-state index contributed by atoms with van der Waals surface area (Å²) in [5, 5.41) is 31.6. The van der Waals surface area contributed by atoms with Crippen molar-refractivity contribution in [2.24, 2.45) is 0 Å². The van der Waals surface area contributed by atoms with Crippen molar-refractivity contribution in [2.75, 3.05) is 26.4 Å². The molecule has 21 heavy (non-hydrogen) atoms. The molecular formula is C8H14Cu2O11. The molecule has 0 bridgehead atoms. The van der Waals surface area contributed by atoms with Gasteiger partial charge < -0.3 is 35.4 Å². The number of carboxylic acids is 4. The van der Waals surface area contributed by atoms with Crippen molar-refractivity contribution in [1.29, 1.82) is 0 Å². The molecule has 13 heteroatoms. The van der Waals surface area contributed by atoms with E-state index in [4.69, 9.17) is 20.4 Å². The topological polar surface area (TPSA) is 199 Å². The van der Waals surface area contributed by atoms with Crippen LogP contribution in [0.15, 0.2) is 0 Å². The molecule has 0 spiro atoms. The fourth-order valence-electron chi connectivity index (χ4n) is 0.451. The summed E-state index contributed by atoms with van der Waals surface area (Å²) in [5.41, 5.74) is 0. The summed E-state index contributed by atoms with van der Waals surface area (Å²) in [4.78, 5) is 38.7. The Morgan fingerprint density at radius 2 is 0.714 bits per heavy atom. The molecule has 0 saturated carbocycles. The zero-order valence-electron chi connectivity index (χ0n) is 10.2. The van der Waals surface area contributed by atoms with Gasteiger partial charge >= 0.3 is 23.9 Å². The molecule has 0 aromatic heterocycles. The van der Waals surface area contributed by atoms with Gasteiger partial charge in [0.15, 0.2) is 0 Å². The van der Waals surface area contributed by atoms with Crippen LogP contribution in [0.1, 0.15) is 0 Å². The summed E-state index contributed by atoms with van der Waals surface area (Å²) >= 11 is 0. The third-order valence-corrected chi connectivity index (χ3v) is 0.902. The number of hydrogen-bond acceptors (Lipinski definition) is 6. The van der Waals surface area contributed by atoms with Crippen molar-refractivity contribution < 1.29 is 88.7 Å². The number of rotatable bonds is 8. The van der Waals surface area contributed by atoms with Gasteiger partial charge in [-0.1, -0.05) is 0 Å². The monoisotopic (exact) mass is 412 g/mol. The average Bonchev–Trinajstić information content (AvgIpc) is 2.15. The van der Waals surface area contributed by atoms with Gasteiger partial charge in [-0.15, -0.1) is 0 Å². The van der Waals surface area contributed by atoms with Gasteiger partial charge in [-0.3, -0.25) is 0 Å². The zero-order chi connectivity index (χ0) is 14.6. The Morgan fingerprint density at radius 3 is 0.810 bits per heavy atom. The third-order valence-electron chi connectivity index (χ3n) is 0.902. The first-order chi connectivity index (χ1) is 8.25. The predicted molar refractivity (Wildman–Crippen MR) is 55.8 cm³/mol. The van der Waals surface area contributed by atoms with Crippen LogP contribution in [0.3, 0.4) is 0 Å². The van der Waals surface area contributed by atoms with Crippen molar-refractivity contribution in [3.05, 3.63) is 0 Å². The van der Waals surface area contributed by atoms with Crippen molar-refractivity contribution >= 4 is 23.9 Å². The Hall–Kier alpha value is -1.20. The normalized spacial score (nSPS) is 7.62. The quantitative estimate of drug-likeness (QED) is 0.309. The fourth-order valence-corrected chi connectivity index (χ4v) is 0.451. The van der Waals surface area contributed by atoms with E-state index in [9.17, 15) is 19.2 Å². The van der Waals surface area contributed by atoms with E-state index in [1.165, 1.54) is 0 Å². The van der Waals surface area contributed by atoms with Crippen LogP contribution in [0.25, 0.3) is 0 Å². The molecule has 0 aromatic rings. The molecule has 134 valence electrons. The molecule has 0 aromatic carbocycles. The van der Waals surface area contributed by atoms with Crippen molar-refractivity contribution in [2.45, 2.75) is 0 Å². The molecule has 0 unspecified atom stereocenters. The van der Waals surface area contributed by atoms with E-state index >= 15 is 0 Å². The van der Waals surface area contributed by atoms with Crippen LogP contribution in [-0.2, 0) is 62.8 Å². The molecule has 0 heterocycles. The second kappa shape index (κ2) is 21.1. The summed E-state index contributed by atoms with van der Waals surface area (Å²) in [6.45, 7) is -2.25. The van der Waals surface area contributed by atoms with Crippen LogP contribution in [0.5, 0.6) is 0 Å². The van der Waals surface area contributed by atoms with E-state index < -0.39 is 50.3 Å². The third kappa shape index (κ3) is 45.5. The molecule has 0 aliphatic carbocycles. The van der Waals surface area contributed by atoms with Crippen LogP contribution in [0.4, 0.5) is 0 Å². The summed E-state index contributed by atoms with van der Waals surface area (Å²) in [7, 11) is 0. The van der Waals surface area contributed by atoms with E-state index in [0.717, 1.165) is 0 Å². The predicted octanol–water partition coefficient (Wildman–Crippen LogP) is -2.49. The molecule has 0 rings (SSSR count). The molecule has 11 nitrogen and oxygen atoms in total. The van der Waals surface area contributed by atoms with Gasteiger partial charge in [0.2, 0.25) is 0 Å². The van der Waals surface area contributed by atoms with Crippen LogP contribution < -0.4 is 0 Å². The first-order valence-electron chi connectivity index (χ1n) is 4.28. The molecule has 0 atom stereocenters. The van der Waals surface area contributed by atoms with Crippen LogP contribution in [0, 0.1) is 0 Å². The maximum Gasteiger partial charge on any atom is 0.329 e.